The summed E-state index contributed by atoms with van der Waals surface area (Å²) >= 11 is 0. The Hall–Kier alpha value is -2.03. The monoisotopic (exact) mass is 259 g/mol. The predicted molar refractivity (Wildman–Crippen MR) is 76.2 cm³/mol. The topological polar surface area (TPSA) is 21.3 Å². The van der Waals surface area contributed by atoms with Crippen molar-refractivity contribution in [1.29, 1.82) is 0 Å². The number of aryl methyl sites for hydroxylation is 1. The van der Waals surface area contributed by atoms with E-state index >= 15 is 0 Å². The molecule has 0 saturated carbocycles. The molecule has 100 valence electrons. The molecule has 0 atom stereocenters. The van der Waals surface area contributed by atoms with E-state index in [1.807, 2.05) is 12.1 Å². The summed E-state index contributed by atoms with van der Waals surface area (Å²) in [4.78, 5) is 0. The number of methoxy groups -OCH3 is 1. The maximum absolute atomic E-state index is 13.7. The molecule has 2 aromatic carbocycles. The molecule has 0 bridgehead atoms. The lowest BCUT2D eigenvalue weighted by Gasteiger charge is -2.12. The van der Waals surface area contributed by atoms with Crippen molar-refractivity contribution in [3.63, 3.8) is 0 Å². The van der Waals surface area contributed by atoms with E-state index in [9.17, 15) is 4.39 Å². The molecule has 3 heteroatoms. The van der Waals surface area contributed by atoms with Gasteiger partial charge in [-0.05, 0) is 42.7 Å². The molecule has 0 aliphatic carbocycles. The molecule has 0 amide bonds. The minimum atomic E-state index is -0.272. The van der Waals surface area contributed by atoms with E-state index in [4.69, 9.17) is 4.74 Å². The first-order valence-electron chi connectivity index (χ1n) is 6.24. The zero-order valence-corrected chi connectivity index (χ0v) is 11.5. The average Bonchev–Trinajstić information content (AvgIpc) is 2.42. The zero-order chi connectivity index (χ0) is 13.8. The molecule has 1 N–H and O–H groups in total. The highest BCUT2D eigenvalue weighted by molar-refractivity contribution is 5.50. The number of ether oxygens (including phenoxy) is 1. The van der Waals surface area contributed by atoms with Crippen LogP contribution in [0.5, 0.6) is 5.75 Å². The molecule has 0 unspecified atom stereocenters. The molecule has 0 aliphatic rings. The van der Waals surface area contributed by atoms with Crippen LogP contribution in [0.3, 0.4) is 0 Å². The van der Waals surface area contributed by atoms with Crippen LogP contribution in [0.1, 0.15) is 16.7 Å². The second kappa shape index (κ2) is 5.74. The van der Waals surface area contributed by atoms with Crippen LogP contribution in [0, 0.1) is 19.7 Å². The van der Waals surface area contributed by atoms with Gasteiger partial charge in [-0.2, -0.15) is 0 Å². The van der Waals surface area contributed by atoms with Gasteiger partial charge in [-0.1, -0.05) is 18.2 Å². The smallest absolute Gasteiger partial charge is 0.146 e. The van der Waals surface area contributed by atoms with E-state index in [2.05, 4.69) is 25.2 Å². The van der Waals surface area contributed by atoms with E-state index in [0.29, 0.717) is 18.0 Å². The van der Waals surface area contributed by atoms with E-state index in [0.717, 1.165) is 0 Å². The number of hydrogen-bond donors (Lipinski definition) is 1. The summed E-state index contributed by atoms with van der Waals surface area (Å²) in [6.07, 6.45) is 0. The Morgan fingerprint density at radius 3 is 2.68 bits per heavy atom. The molecular formula is C16H18FNO. The van der Waals surface area contributed by atoms with Crippen LogP contribution >= 0.6 is 0 Å². The highest BCUT2D eigenvalue weighted by Crippen LogP contribution is 2.22. The predicted octanol–water partition coefficient (Wildman–Crippen LogP) is 4.06. The summed E-state index contributed by atoms with van der Waals surface area (Å²) < 4.78 is 18.8. The van der Waals surface area contributed by atoms with Crippen molar-refractivity contribution >= 4 is 5.69 Å². The minimum Gasteiger partial charge on any atom is -0.497 e. The fourth-order valence-corrected chi connectivity index (χ4v) is 1.96. The van der Waals surface area contributed by atoms with Gasteiger partial charge in [-0.3, -0.25) is 0 Å². The van der Waals surface area contributed by atoms with Crippen molar-refractivity contribution in [3.8, 4) is 5.75 Å². The molecule has 0 aromatic heterocycles. The molecule has 0 saturated heterocycles. The van der Waals surface area contributed by atoms with Crippen LogP contribution in [-0.2, 0) is 6.54 Å². The largest absolute Gasteiger partial charge is 0.497 e. The van der Waals surface area contributed by atoms with Gasteiger partial charge in [-0.15, -0.1) is 0 Å². The second-order valence-corrected chi connectivity index (χ2v) is 4.56. The van der Waals surface area contributed by atoms with Gasteiger partial charge >= 0.3 is 0 Å². The van der Waals surface area contributed by atoms with Gasteiger partial charge in [-0.25, -0.2) is 4.39 Å². The van der Waals surface area contributed by atoms with Crippen molar-refractivity contribution in [2.75, 3.05) is 12.4 Å². The number of halogens is 1. The molecular weight excluding hydrogens is 241 g/mol. The van der Waals surface area contributed by atoms with Crippen LogP contribution in [0.2, 0.25) is 0 Å². The van der Waals surface area contributed by atoms with Crippen LogP contribution in [0.25, 0.3) is 0 Å². The van der Waals surface area contributed by atoms with Gasteiger partial charge in [0.2, 0.25) is 0 Å². The number of hydrogen-bond acceptors (Lipinski definition) is 2. The fourth-order valence-electron chi connectivity index (χ4n) is 1.96. The van der Waals surface area contributed by atoms with Crippen LogP contribution in [0.15, 0.2) is 36.4 Å². The first-order valence-corrected chi connectivity index (χ1v) is 6.24. The number of anilines is 1. The molecule has 2 rings (SSSR count). The molecule has 0 radical (unpaired) electrons. The van der Waals surface area contributed by atoms with Gasteiger partial charge in [0.1, 0.15) is 11.6 Å². The number of rotatable bonds is 4. The van der Waals surface area contributed by atoms with E-state index in [1.165, 1.54) is 22.8 Å². The summed E-state index contributed by atoms with van der Waals surface area (Å²) in [7, 11) is 1.57. The van der Waals surface area contributed by atoms with Crippen LogP contribution < -0.4 is 10.1 Å². The maximum Gasteiger partial charge on any atom is 0.146 e. The van der Waals surface area contributed by atoms with E-state index in [-0.39, 0.29) is 5.82 Å². The third-order valence-corrected chi connectivity index (χ3v) is 3.36. The third-order valence-electron chi connectivity index (χ3n) is 3.36. The molecule has 0 heterocycles. The highest BCUT2D eigenvalue weighted by Gasteiger charge is 2.05. The minimum absolute atomic E-state index is 0.272. The molecule has 2 aromatic rings. The van der Waals surface area contributed by atoms with Gasteiger partial charge in [0, 0.05) is 12.6 Å². The second-order valence-electron chi connectivity index (χ2n) is 4.56. The fraction of sp³-hybridized carbons (Fsp3) is 0.250. The Bertz CT molecular complexity index is 581. The molecule has 19 heavy (non-hydrogen) atoms. The van der Waals surface area contributed by atoms with Gasteiger partial charge in [0.05, 0.1) is 12.8 Å². The Labute approximate surface area is 113 Å². The van der Waals surface area contributed by atoms with E-state index in [1.54, 1.807) is 19.2 Å². The third kappa shape index (κ3) is 3.05. The summed E-state index contributed by atoms with van der Waals surface area (Å²) in [6, 6.07) is 10.8. The molecule has 2 nitrogen and oxygen atoms in total. The van der Waals surface area contributed by atoms with Crippen molar-refractivity contribution in [1.82, 2.24) is 0 Å². The normalized spacial score (nSPS) is 10.3. The lowest BCUT2D eigenvalue weighted by molar-refractivity contribution is 0.414. The first kappa shape index (κ1) is 13.4. The number of benzene rings is 2. The quantitative estimate of drug-likeness (QED) is 0.894. The first-order chi connectivity index (χ1) is 9.11. The maximum atomic E-state index is 13.7. The van der Waals surface area contributed by atoms with Crippen LogP contribution in [0.4, 0.5) is 10.1 Å². The van der Waals surface area contributed by atoms with Crippen molar-refractivity contribution in [2.24, 2.45) is 0 Å². The summed E-state index contributed by atoms with van der Waals surface area (Å²) in [5.41, 5.74) is 4.10. The Kier molecular flexibility index (Phi) is 4.05. The van der Waals surface area contributed by atoms with Crippen molar-refractivity contribution < 1.29 is 9.13 Å². The summed E-state index contributed by atoms with van der Waals surface area (Å²) in [6.45, 7) is 4.75. The van der Waals surface area contributed by atoms with Crippen LogP contribution in [-0.4, -0.2) is 7.11 Å². The number of nitrogens with one attached hydrogen (secondary N) is 1. The molecule has 0 spiro atoms. The van der Waals surface area contributed by atoms with E-state index < -0.39 is 0 Å². The van der Waals surface area contributed by atoms with Gasteiger partial charge in [0.15, 0.2) is 0 Å². The Morgan fingerprint density at radius 2 is 1.95 bits per heavy atom. The van der Waals surface area contributed by atoms with Crippen molar-refractivity contribution in [2.45, 2.75) is 20.4 Å². The lowest BCUT2D eigenvalue weighted by atomic mass is 10.0. The van der Waals surface area contributed by atoms with Crippen molar-refractivity contribution in [3.05, 3.63) is 58.9 Å². The Balaban J connectivity index is 2.16. The SMILES string of the molecule is COc1ccc(F)c(NCc2cccc(C)c2C)c1. The molecule has 0 aliphatic heterocycles. The lowest BCUT2D eigenvalue weighted by Crippen LogP contribution is -2.04. The zero-order valence-electron chi connectivity index (χ0n) is 11.5. The van der Waals surface area contributed by atoms with Gasteiger partial charge < -0.3 is 10.1 Å². The summed E-state index contributed by atoms with van der Waals surface area (Å²) in [5.74, 6) is 0.371. The van der Waals surface area contributed by atoms with Gasteiger partial charge in [0.25, 0.3) is 0 Å². The molecule has 0 fully saturated rings. The highest BCUT2D eigenvalue weighted by atomic mass is 19.1. The Morgan fingerprint density at radius 1 is 1.16 bits per heavy atom. The summed E-state index contributed by atoms with van der Waals surface area (Å²) in [5, 5.41) is 3.12. The average molecular weight is 259 g/mol. The standard InChI is InChI=1S/C16H18FNO/c1-11-5-4-6-13(12(11)2)10-18-16-9-14(19-3)7-8-15(16)17/h4-9,18H,10H2,1-3H3.